The number of aliphatic carboxylic acids is 1. The van der Waals surface area contributed by atoms with Gasteiger partial charge in [0.15, 0.2) is 5.60 Å². The highest BCUT2D eigenvalue weighted by Gasteiger charge is 2.46. The highest BCUT2D eigenvalue weighted by atomic mass is 19.4. The summed E-state index contributed by atoms with van der Waals surface area (Å²) in [4.78, 5) is 16.4. The lowest BCUT2D eigenvalue weighted by atomic mass is 9.83. The first-order valence-electron chi connectivity index (χ1n) is 11.5. The number of carbonyl (C=O) groups is 1. The summed E-state index contributed by atoms with van der Waals surface area (Å²) in [5.41, 5.74) is 3.39. The smallest absolute Gasteiger partial charge is 0.480 e. The maximum atomic E-state index is 10.6. The minimum Gasteiger partial charge on any atom is -0.480 e. The van der Waals surface area contributed by atoms with Crippen molar-refractivity contribution in [3.63, 3.8) is 0 Å². The molecule has 0 radical (unpaired) electrons. The highest BCUT2D eigenvalue weighted by molar-refractivity contribution is 5.73. The Kier molecular flexibility index (Phi) is 6.44. The maximum absolute atomic E-state index is 10.6. The number of para-hydroxylation sites is 1. The fourth-order valence-electron chi connectivity index (χ4n) is 4.70. The van der Waals surface area contributed by atoms with Crippen molar-refractivity contribution in [1.82, 2.24) is 14.5 Å². The number of imidazole rings is 1. The van der Waals surface area contributed by atoms with Crippen LogP contribution < -0.4 is 4.74 Å². The van der Waals surface area contributed by atoms with Gasteiger partial charge in [0.2, 0.25) is 0 Å². The van der Waals surface area contributed by atoms with Gasteiger partial charge in [-0.05, 0) is 36.8 Å². The molecule has 1 saturated heterocycles. The van der Waals surface area contributed by atoms with Gasteiger partial charge >= 0.3 is 12.1 Å². The van der Waals surface area contributed by atoms with E-state index in [2.05, 4.69) is 47.6 Å². The number of piperidine rings is 1. The van der Waals surface area contributed by atoms with Gasteiger partial charge in [-0.3, -0.25) is 0 Å². The molecular formula is C24H30F3N3O3. The highest BCUT2D eigenvalue weighted by Crippen LogP contribution is 2.49. The molecule has 9 heteroatoms. The number of ether oxygens (including phenoxy) is 1. The molecule has 3 aliphatic rings. The third-order valence-corrected chi connectivity index (χ3v) is 6.40. The molecule has 1 spiro atoms. The number of aromatic nitrogens is 2. The molecular weight excluding hydrogens is 435 g/mol. The molecule has 5 rings (SSSR count). The van der Waals surface area contributed by atoms with Crippen LogP contribution in [0.15, 0.2) is 30.6 Å². The molecule has 6 nitrogen and oxygen atoms in total. The van der Waals surface area contributed by atoms with Crippen molar-refractivity contribution >= 4 is 5.97 Å². The van der Waals surface area contributed by atoms with Gasteiger partial charge in [0.1, 0.15) is 5.75 Å². The van der Waals surface area contributed by atoms with E-state index in [0.717, 1.165) is 55.4 Å². The molecule has 3 heterocycles. The second-order valence-electron chi connectivity index (χ2n) is 9.63. The van der Waals surface area contributed by atoms with Gasteiger partial charge < -0.3 is 19.3 Å². The van der Waals surface area contributed by atoms with Crippen molar-refractivity contribution in [2.24, 2.45) is 11.8 Å². The molecule has 1 aliphatic carbocycles. The van der Waals surface area contributed by atoms with Gasteiger partial charge in [0.05, 0.1) is 17.7 Å². The molecule has 1 saturated carbocycles. The lowest BCUT2D eigenvalue weighted by molar-refractivity contribution is -0.192. The van der Waals surface area contributed by atoms with Crippen molar-refractivity contribution in [3.05, 3.63) is 36.3 Å². The number of benzene rings is 1. The average molecular weight is 466 g/mol. The molecule has 0 atom stereocenters. The number of carboxylic acids is 1. The molecule has 2 aliphatic heterocycles. The van der Waals surface area contributed by atoms with Crippen molar-refractivity contribution in [3.8, 4) is 17.0 Å². The van der Waals surface area contributed by atoms with Crippen LogP contribution in [0.25, 0.3) is 11.3 Å². The molecule has 180 valence electrons. The number of hydrogen-bond donors (Lipinski definition) is 1. The monoisotopic (exact) mass is 465 g/mol. The third-order valence-electron chi connectivity index (χ3n) is 6.40. The number of rotatable bonds is 4. The lowest BCUT2D eigenvalue weighted by Crippen LogP contribution is -2.48. The Labute approximate surface area is 191 Å². The van der Waals surface area contributed by atoms with Crippen molar-refractivity contribution < 1.29 is 27.8 Å². The quantitative estimate of drug-likeness (QED) is 0.693. The second-order valence-corrected chi connectivity index (χ2v) is 9.63. The van der Waals surface area contributed by atoms with Crippen LogP contribution in [0.2, 0.25) is 0 Å². The van der Waals surface area contributed by atoms with E-state index in [-0.39, 0.29) is 5.60 Å². The van der Waals surface area contributed by atoms with E-state index < -0.39 is 12.1 Å². The minimum absolute atomic E-state index is 0.213. The Morgan fingerprint density at radius 1 is 1.24 bits per heavy atom. The number of nitrogens with zero attached hydrogens (tertiary/aromatic N) is 3. The zero-order valence-electron chi connectivity index (χ0n) is 18.9. The lowest BCUT2D eigenvalue weighted by Gasteiger charge is -2.45. The zero-order valence-corrected chi connectivity index (χ0v) is 18.9. The SMILES string of the molecule is CC(C)Cn1cnc2c1C1(CCN(CC3CC3)CC1)Oc1ccccc1-2.O=C(O)C(F)(F)F. The van der Waals surface area contributed by atoms with Crippen LogP contribution in [0.1, 0.15) is 45.2 Å². The van der Waals surface area contributed by atoms with Crippen LogP contribution in [-0.2, 0) is 16.9 Å². The Balaban J connectivity index is 0.000000325. The van der Waals surface area contributed by atoms with Crippen LogP contribution in [0.4, 0.5) is 13.2 Å². The molecule has 0 bridgehead atoms. The predicted octanol–water partition coefficient (Wildman–Crippen LogP) is 4.93. The van der Waals surface area contributed by atoms with E-state index in [9.17, 15) is 13.2 Å². The molecule has 0 amide bonds. The Bertz CT molecular complexity index is 990. The van der Waals surface area contributed by atoms with Crippen molar-refractivity contribution in [2.45, 2.75) is 57.9 Å². The normalized spacial score (nSPS) is 19.3. The van der Waals surface area contributed by atoms with E-state index >= 15 is 0 Å². The van der Waals surface area contributed by atoms with Gasteiger partial charge in [-0.25, -0.2) is 9.78 Å². The van der Waals surface area contributed by atoms with E-state index in [4.69, 9.17) is 19.6 Å². The van der Waals surface area contributed by atoms with Crippen molar-refractivity contribution in [2.75, 3.05) is 19.6 Å². The zero-order chi connectivity index (χ0) is 23.8. The number of fused-ring (bicyclic) bond motifs is 4. The molecule has 2 fully saturated rings. The van der Waals surface area contributed by atoms with Crippen LogP contribution in [0.3, 0.4) is 0 Å². The maximum Gasteiger partial charge on any atom is 0.490 e. The van der Waals surface area contributed by atoms with Gasteiger partial charge in [-0.2, -0.15) is 13.2 Å². The molecule has 1 aromatic heterocycles. The van der Waals surface area contributed by atoms with Gasteiger partial charge in [-0.15, -0.1) is 0 Å². The Hall–Kier alpha value is -2.55. The van der Waals surface area contributed by atoms with Crippen LogP contribution >= 0.6 is 0 Å². The first kappa shape index (κ1) is 23.6. The fraction of sp³-hybridized carbons (Fsp3) is 0.583. The summed E-state index contributed by atoms with van der Waals surface area (Å²) in [5.74, 6) is -0.200. The van der Waals surface area contributed by atoms with E-state index in [1.807, 2.05) is 6.33 Å². The third kappa shape index (κ3) is 5.18. The van der Waals surface area contributed by atoms with E-state index in [1.165, 1.54) is 25.1 Å². The van der Waals surface area contributed by atoms with Crippen LogP contribution in [-0.4, -0.2) is 51.3 Å². The molecule has 33 heavy (non-hydrogen) atoms. The Morgan fingerprint density at radius 3 is 2.45 bits per heavy atom. The molecule has 0 unspecified atom stereocenters. The van der Waals surface area contributed by atoms with Gasteiger partial charge in [-0.1, -0.05) is 26.0 Å². The standard InChI is InChI=1S/C22H29N3O.C2HF3O2/c1-16(2)13-25-15-23-20-18-5-3-4-6-19(18)26-22(21(20)25)9-11-24(12-10-22)14-17-7-8-17;3-2(4,5)1(6)7/h3-6,15-17H,7-14H2,1-2H3;(H,6,7). The largest absolute Gasteiger partial charge is 0.490 e. The van der Waals surface area contributed by atoms with Crippen LogP contribution in [0.5, 0.6) is 5.75 Å². The summed E-state index contributed by atoms with van der Waals surface area (Å²) in [6.45, 7) is 9.09. The van der Waals surface area contributed by atoms with Gasteiger partial charge in [0.25, 0.3) is 0 Å². The topological polar surface area (TPSA) is 67.6 Å². The summed E-state index contributed by atoms with van der Waals surface area (Å²) >= 11 is 0. The summed E-state index contributed by atoms with van der Waals surface area (Å²) in [5, 5.41) is 7.12. The number of alkyl halides is 3. The number of hydrogen-bond acceptors (Lipinski definition) is 4. The Morgan fingerprint density at radius 2 is 1.88 bits per heavy atom. The predicted molar refractivity (Wildman–Crippen MR) is 117 cm³/mol. The first-order chi connectivity index (χ1) is 15.6. The average Bonchev–Trinajstić information content (AvgIpc) is 3.46. The van der Waals surface area contributed by atoms with Crippen LogP contribution in [0, 0.1) is 11.8 Å². The fourth-order valence-corrected chi connectivity index (χ4v) is 4.70. The summed E-state index contributed by atoms with van der Waals surface area (Å²) in [6, 6.07) is 8.42. The first-order valence-corrected chi connectivity index (χ1v) is 11.5. The number of carboxylic acid groups (broad SMARTS) is 1. The molecule has 2 aromatic rings. The molecule has 1 aromatic carbocycles. The second kappa shape index (κ2) is 9.00. The van der Waals surface area contributed by atoms with E-state index in [0.29, 0.717) is 5.92 Å². The van der Waals surface area contributed by atoms with Gasteiger partial charge in [0, 0.05) is 44.6 Å². The molecule has 1 N–H and O–H groups in total. The number of likely N-dealkylation sites (tertiary alicyclic amines) is 1. The summed E-state index contributed by atoms with van der Waals surface area (Å²) < 4.78 is 40.9. The minimum atomic E-state index is -5.08. The summed E-state index contributed by atoms with van der Waals surface area (Å²) in [7, 11) is 0. The number of halogens is 3. The summed E-state index contributed by atoms with van der Waals surface area (Å²) in [6.07, 6.45) is 1.93. The van der Waals surface area contributed by atoms with E-state index in [1.54, 1.807) is 0 Å². The van der Waals surface area contributed by atoms with Crippen molar-refractivity contribution in [1.29, 1.82) is 0 Å².